The summed E-state index contributed by atoms with van der Waals surface area (Å²) >= 11 is 0. The molecule has 0 bridgehead atoms. The molecule has 3 rings (SSSR count). The molecule has 146 valence electrons. The second kappa shape index (κ2) is 8.55. The first-order valence-electron chi connectivity index (χ1n) is 9.81. The third-order valence-electron chi connectivity index (χ3n) is 5.82. The summed E-state index contributed by atoms with van der Waals surface area (Å²) in [5.74, 6) is -1.42. The molecule has 1 aromatic carbocycles. The molecular formula is C21H28N2O4. The van der Waals surface area contributed by atoms with Crippen LogP contribution in [0.25, 0.3) is 0 Å². The average Bonchev–Trinajstić information content (AvgIpc) is 3.09. The van der Waals surface area contributed by atoms with Gasteiger partial charge in [0.25, 0.3) is 0 Å². The van der Waals surface area contributed by atoms with Crippen molar-refractivity contribution in [2.75, 3.05) is 26.2 Å². The number of hydrogen-bond acceptors (Lipinski definition) is 3. The van der Waals surface area contributed by atoms with Crippen LogP contribution < -0.4 is 0 Å². The Labute approximate surface area is 160 Å². The molecule has 1 N–H and O–H groups in total. The minimum atomic E-state index is -0.850. The first-order chi connectivity index (χ1) is 13.0. The zero-order valence-electron chi connectivity index (χ0n) is 15.9. The first kappa shape index (κ1) is 19.4. The maximum absolute atomic E-state index is 12.6. The number of carboxylic acid groups (broad SMARTS) is 1. The third-order valence-corrected chi connectivity index (χ3v) is 5.82. The lowest BCUT2D eigenvalue weighted by atomic mass is 9.86. The number of carbonyl (C=O) groups excluding carboxylic acids is 2. The lowest BCUT2D eigenvalue weighted by Gasteiger charge is -2.26. The number of likely N-dealkylation sites (tertiary alicyclic amines) is 2. The number of amides is 2. The van der Waals surface area contributed by atoms with Crippen molar-refractivity contribution in [2.45, 2.75) is 44.9 Å². The van der Waals surface area contributed by atoms with Gasteiger partial charge in [0.1, 0.15) is 0 Å². The number of piperidine rings is 1. The van der Waals surface area contributed by atoms with E-state index in [1.54, 1.807) is 4.90 Å². The van der Waals surface area contributed by atoms with Crippen LogP contribution in [0.1, 0.15) is 49.1 Å². The van der Waals surface area contributed by atoms with Crippen molar-refractivity contribution >= 4 is 17.8 Å². The molecule has 2 amide bonds. The summed E-state index contributed by atoms with van der Waals surface area (Å²) in [6, 6.07) is 7.80. The molecular weight excluding hydrogens is 344 g/mol. The highest BCUT2D eigenvalue weighted by atomic mass is 16.4. The Morgan fingerprint density at radius 2 is 1.96 bits per heavy atom. The highest BCUT2D eigenvalue weighted by Crippen LogP contribution is 2.35. The molecule has 2 saturated heterocycles. The summed E-state index contributed by atoms with van der Waals surface area (Å²) in [7, 11) is 0. The molecule has 0 saturated carbocycles. The zero-order valence-corrected chi connectivity index (χ0v) is 15.9. The minimum absolute atomic E-state index is 0.0122. The predicted molar refractivity (Wildman–Crippen MR) is 101 cm³/mol. The van der Waals surface area contributed by atoms with Gasteiger partial charge in [-0.2, -0.15) is 0 Å². The van der Waals surface area contributed by atoms with E-state index in [0.717, 1.165) is 30.5 Å². The Kier molecular flexibility index (Phi) is 6.14. The van der Waals surface area contributed by atoms with Crippen LogP contribution in [-0.2, 0) is 14.4 Å². The van der Waals surface area contributed by atoms with Crippen LogP contribution in [0.5, 0.6) is 0 Å². The summed E-state index contributed by atoms with van der Waals surface area (Å²) in [6.45, 7) is 4.09. The summed E-state index contributed by atoms with van der Waals surface area (Å²) in [4.78, 5) is 39.7. The predicted octanol–water partition coefficient (Wildman–Crippen LogP) is 2.41. The van der Waals surface area contributed by atoms with E-state index in [0.29, 0.717) is 32.4 Å². The van der Waals surface area contributed by atoms with Crippen molar-refractivity contribution in [3.63, 3.8) is 0 Å². The van der Waals surface area contributed by atoms with Crippen LogP contribution in [0.15, 0.2) is 24.3 Å². The van der Waals surface area contributed by atoms with E-state index in [-0.39, 0.29) is 24.3 Å². The fourth-order valence-corrected chi connectivity index (χ4v) is 4.25. The van der Waals surface area contributed by atoms with Crippen LogP contribution in [0.2, 0.25) is 0 Å². The van der Waals surface area contributed by atoms with Crippen LogP contribution in [0, 0.1) is 12.8 Å². The van der Waals surface area contributed by atoms with Gasteiger partial charge >= 0.3 is 5.97 Å². The lowest BCUT2D eigenvalue weighted by molar-refractivity contribution is -0.142. The number of carbonyl (C=O) groups is 3. The van der Waals surface area contributed by atoms with Gasteiger partial charge in [0.15, 0.2) is 0 Å². The van der Waals surface area contributed by atoms with Crippen LogP contribution >= 0.6 is 0 Å². The SMILES string of the molecule is Cc1ccccc1C1CN(C(=O)CCCN2CCCCC2=O)CC1C(=O)O. The number of hydrogen-bond donors (Lipinski definition) is 1. The van der Waals surface area contributed by atoms with E-state index < -0.39 is 11.9 Å². The van der Waals surface area contributed by atoms with Gasteiger partial charge in [0.05, 0.1) is 5.92 Å². The fourth-order valence-electron chi connectivity index (χ4n) is 4.25. The Morgan fingerprint density at radius 3 is 2.67 bits per heavy atom. The smallest absolute Gasteiger partial charge is 0.308 e. The van der Waals surface area contributed by atoms with E-state index in [1.165, 1.54) is 0 Å². The van der Waals surface area contributed by atoms with E-state index in [9.17, 15) is 19.5 Å². The first-order valence-corrected chi connectivity index (χ1v) is 9.81. The molecule has 2 unspecified atom stereocenters. The topological polar surface area (TPSA) is 77.9 Å². The molecule has 2 fully saturated rings. The van der Waals surface area contributed by atoms with Crippen molar-refractivity contribution in [1.29, 1.82) is 0 Å². The molecule has 0 aliphatic carbocycles. The monoisotopic (exact) mass is 372 g/mol. The van der Waals surface area contributed by atoms with E-state index in [4.69, 9.17) is 0 Å². The molecule has 27 heavy (non-hydrogen) atoms. The molecule has 6 heteroatoms. The van der Waals surface area contributed by atoms with E-state index >= 15 is 0 Å². The number of carboxylic acids is 1. The van der Waals surface area contributed by atoms with Gasteiger partial charge in [0, 0.05) is 44.9 Å². The summed E-state index contributed by atoms with van der Waals surface area (Å²) < 4.78 is 0. The summed E-state index contributed by atoms with van der Waals surface area (Å²) in [5, 5.41) is 9.63. The molecule has 6 nitrogen and oxygen atoms in total. The van der Waals surface area contributed by atoms with E-state index in [2.05, 4.69) is 0 Å². The van der Waals surface area contributed by atoms with Crippen molar-refractivity contribution < 1.29 is 19.5 Å². The number of benzene rings is 1. The summed E-state index contributed by atoms with van der Waals surface area (Å²) in [6.07, 6.45) is 3.59. The van der Waals surface area contributed by atoms with Crippen molar-refractivity contribution in [1.82, 2.24) is 9.80 Å². The van der Waals surface area contributed by atoms with Crippen molar-refractivity contribution in [2.24, 2.45) is 5.92 Å². The second-order valence-corrected chi connectivity index (χ2v) is 7.65. The normalized spacial score (nSPS) is 22.9. The highest BCUT2D eigenvalue weighted by molar-refractivity contribution is 5.80. The standard InChI is InChI=1S/C21H28N2O4/c1-15-7-2-3-8-16(15)17-13-23(14-18(17)21(26)27)20(25)10-6-12-22-11-5-4-9-19(22)24/h2-3,7-8,17-18H,4-6,9-14H2,1H3,(H,26,27). The summed E-state index contributed by atoms with van der Waals surface area (Å²) in [5.41, 5.74) is 2.07. The van der Waals surface area contributed by atoms with Gasteiger partial charge in [-0.1, -0.05) is 24.3 Å². The van der Waals surface area contributed by atoms with Gasteiger partial charge in [-0.3, -0.25) is 14.4 Å². The van der Waals surface area contributed by atoms with Crippen molar-refractivity contribution in [3.8, 4) is 0 Å². The Balaban J connectivity index is 1.58. The van der Waals surface area contributed by atoms with Crippen LogP contribution in [-0.4, -0.2) is 58.9 Å². The molecule has 2 aliphatic heterocycles. The van der Waals surface area contributed by atoms with E-state index in [1.807, 2.05) is 36.1 Å². The van der Waals surface area contributed by atoms with Crippen LogP contribution in [0.3, 0.4) is 0 Å². The van der Waals surface area contributed by atoms with Gasteiger partial charge in [0.2, 0.25) is 11.8 Å². The van der Waals surface area contributed by atoms with Gasteiger partial charge in [-0.15, -0.1) is 0 Å². The number of aryl methyl sites for hydroxylation is 1. The quantitative estimate of drug-likeness (QED) is 0.832. The lowest BCUT2D eigenvalue weighted by Crippen LogP contribution is -2.37. The number of aliphatic carboxylic acids is 1. The number of rotatable bonds is 6. The molecule has 0 aromatic heterocycles. The second-order valence-electron chi connectivity index (χ2n) is 7.65. The molecule has 2 aliphatic rings. The van der Waals surface area contributed by atoms with Crippen LogP contribution in [0.4, 0.5) is 0 Å². The molecule has 2 atom stereocenters. The molecule has 0 spiro atoms. The Hall–Kier alpha value is -2.37. The van der Waals surface area contributed by atoms with Gasteiger partial charge in [-0.25, -0.2) is 0 Å². The van der Waals surface area contributed by atoms with Gasteiger partial charge in [-0.05, 0) is 37.3 Å². The zero-order chi connectivity index (χ0) is 19.4. The fraction of sp³-hybridized carbons (Fsp3) is 0.571. The Morgan fingerprint density at radius 1 is 1.19 bits per heavy atom. The average molecular weight is 372 g/mol. The van der Waals surface area contributed by atoms with Crippen molar-refractivity contribution in [3.05, 3.63) is 35.4 Å². The third kappa shape index (κ3) is 4.49. The molecule has 0 radical (unpaired) electrons. The maximum atomic E-state index is 12.6. The largest absolute Gasteiger partial charge is 0.481 e. The maximum Gasteiger partial charge on any atom is 0.308 e. The Bertz CT molecular complexity index is 718. The highest BCUT2D eigenvalue weighted by Gasteiger charge is 2.40. The van der Waals surface area contributed by atoms with Gasteiger partial charge < -0.3 is 14.9 Å². The molecule has 2 heterocycles. The molecule has 1 aromatic rings. The minimum Gasteiger partial charge on any atom is -0.481 e. The number of nitrogens with zero attached hydrogens (tertiary/aromatic N) is 2.